The quantitative estimate of drug-likeness (QED) is 0.553. The van der Waals surface area contributed by atoms with Gasteiger partial charge in [-0.2, -0.15) is 5.10 Å². The summed E-state index contributed by atoms with van der Waals surface area (Å²) in [4.78, 5) is 27.0. The third-order valence-electron chi connectivity index (χ3n) is 5.82. The fourth-order valence-corrected chi connectivity index (χ4v) is 4.12. The molecule has 1 aliphatic heterocycles. The van der Waals surface area contributed by atoms with Crippen LogP contribution in [0.25, 0.3) is 11.3 Å². The van der Waals surface area contributed by atoms with Gasteiger partial charge < -0.3 is 15.3 Å². The average Bonchev–Trinajstić information content (AvgIpc) is 3.18. The molecule has 0 saturated carbocycles. The number of hydrogen-bond donors (Lipinski definition) is 2. The Kier molecular flexibility index (Phi) is 6.81. The Balaban J connectivity index is 1.63. The lowest BCUT2D eigenvalue weighted by atomic mass is 9.85. The van der Waals surface area contributed by atoms with Gasteiger partial charge in [0.05, 0.1) is 29.6 Å². The highest BCUT2D eigenvalue weighted by atomic mass is 35.5. The predicted molar refractivity (Wildman–Crippen MR) is 128 cm³/mol. The van der Waals surface area contributed by atoms with Gasteiger partial charge in [-0.25, -0.2) is 4.39 Å². The highest BCUT2D eigenvalue weighted by Gasteiger charge is 2.31. The number of halogens is 2. The SMILES string of the molecule is Cc1cc(-c2ccc(Cl)c(NC(=O)C3=CN(C)C(=O)C[C@H]3c3ccc(F)cc3)c2)nn1CCO. The van der Waals surface area contributed by atoms with Crippen LogP contribution in [0.1, 0.15) is 23.6 Å². The number of hydrogen-bond acceptors (Lipinski definition) is 4. The van der Waals surface area contributed by atoms with E-state index in [2.05, 4.69) is 10.4 Å². The van der Waals surface area contributed by atoms with E-state index in [0.29, 0.717) is 34.1 Å². The Morgan fingerprint density at radius 2 is 1.97 bits per heavy atom. The molecule has 1 aromatic heterocycles. The zero-order valence-electron chi connectivity index (χ0n) is 18.8. The lowest BCUT2D eigenvalue weighted by molar-refractivity contribution is -0.128. The molecule has 0 fully saturated rings. The molecule has 7 nitrogen and oxygen atoms in total. The smallest absolute Gasteiger partial charge is 0.253 e. The fraction of sp³-hybridized carbons (Fsp3) is 0.240. The molecule has 0 saturated heterocycles. The summed E-state index contributed by atoms with van der Waals surface area (Å²) >= 11 is 6.38. The van der Waals surface area contributed by atoms with E-state index in [-0.39, 0.29) is 18.9 Å². The van der Waals surface area contributed by atoms with Crippen LogP contribution in [0.5, 0.6) is 0 Å². The number of anilines is 1. The second kappa shape index (κ2) is 9.79. The molecule has 2 amide bonds. The summed E-state index contributed by atoms with van der Waals surface area (Å²) in [6.45, 7) is 2.26. The van der Waals surface area contributed by atoms with Crippen molar-refractivity contribution in [2.45, 2.75) is 25.8 Å². The van der Waals surface area contributed by atoms with Crippen molar-refractivity contribution in [3.8, 4) is 11.3 Å². The molecule has 0 aliphatic carbocycles. The van der Waals surface area contributed by atoms with Crippen LogP contribution in [-0.2, 0) is 16.1 Å². The largest absolute Gasteiger partial charge is 0.394 e. The van der Waals surface area contributed by atoms with Crippen molar-refractivity contribution < 1.29 is 19.1 Å². The van der Waals surface area contributed by atoms with Gasteiger partial charge in [-0.1, -0.05) is 29.8 Å². The minimum Gasteiger partial charge on any atom is -0.394 e. The number of nitrogens with one attached hydrogen (secondary N) is 1. The molecular weight excluding hydrogens is 459 g/mol. The third-order valence-corrected chi connectivity index (χ3v) is 6.15. The molecule has 176 valence electrons. The molecule has 1 aliphatic rings. The van der Waals surface area contributed by atoms with E-state index in [1.807, 2.05) is 13.0 Å². The number of nitrogens with zero attached hydrogens (tertiary/aromatic N) is 3. The Labute approximate surface area is 201 Å². The van der Waals surface area contributed by atoms with E-state index in [1.54, 1.807) is 42.1 Å². The lowest BCUT2D eigenvalue weighted by Crippen LogP contribution is -2.33. The molecule has 0 bridgehead atoms. The molecule has 2 aromatic carbocycles. The van der Waals surface area contributed by atoms with E-state index in [4.69, 9.17) is 11.6 Å². The fourth-order valence-electron chi connectivity index (χ4n) is 3.96. The first kappa shape index (κ1) is 23.7. The summed E-state index contributed by atoms with van der Waals surface area (Å²) in [5, 5.41) is 16.9. The van der Waals surface area contributed by atoms with E-state index < -0.39 is 17.6 Å². The van der Waals surface area contributed by atoms with E-state index in [1.165, 1.54) is 23.2 Å². The molecular formula is C25H24ClFN4O3. The lowest BCUT2D eigenvalue weighted by Gasteiger charge is -2.28. The minimum absolute atomic E-state index is 0.0227. The van der Waals surface area contributed by atoms with Crippen LogP contribution < -0.4 is 5.32 Å². The first-order valence-electron chi connectivity index (χ1n) is 10.8. The molecule has 2 N–H and O–H groups in total. The number of rotatable bonds is 6. The number of carbonyl (C=O) groups excluding carboxylic acids is 2. The second-order valence-electron chi connectivity index (χ2n) is 8.16. The molecule has 0 spiro atoms. The number of benzene rings is 2. The van der Waals surface area contributed by atoms with Gasteiger partial charge >= 0.3 is 0 Å². The van der Waals surface area contributed by atoms with Gasteiger partial charge in [0.15, 0.2) is 0 Å². The maximum atomic E-state index is 13.4. The Hall–Kier alpha value is -3.49. The van der Waals surface area contributed by atoms with Crippen LogP contribution >= 0.6 is 11.6 Å². The third kappa shape index (κ3) is 4.88. The maximum Gasteiger partial charge on any atom is 0.253 e. The van der Waals surface area contributed by atoms with Crippen LogP contribution in [0.15, 0.2) is 60.3 Å². The summed E-state index contributed by atoms with van der Waals surface area (Å²) in [6.07, 6.45) is 1.60. The topological polar surface area (TPSA) is 87.5 Å². The van der Waals surface area contributed by atoms with Gasteiger partial charge in [0.2, 0.25) is 5.91 Å². The van der Waals surface area contributed by atoms with Crippen molar-refractivity contribution in [3.05, 3.63) is 82.4 Å². The van der Waals surface area contributed by atoms with E-state index in [9.17, 15) is 19.1 Å². The molecule has 9 heteroatoms. The zero-order chi connectivity index (χ0) is 24.4. The molecule has 0 radical (unpaired) electrons. The zero-order valence-corrected chi connectivity index (χ0v) is 19.5. The summed E-state index contributed by atoms with van der Waals surface area (Å²) in [5.41, 5.74) is 3.78. The summed E-state index contributed by atoms with van der Waals surface area (Å²) in [5.74, 6) is -1.45. The van der Waals surface area contributed by atoms with Crippen molar-refractivity contribution in [1.29, 1.82) is 0 Å². The van der Waals surface area contributed by atoms with E-state index >= 15 is 0 Å². The Bertz CT molecular complexity index is 1270. The molecule has 0 unspecified atom stereocenters. The summed E-state index contributed by atoms with van der Waals surface area (Å²) in [7, 11) is 1.59. The first-order valence-corrected chi connectivity index (χ1v) is 11.1. The van der Waals surface area contributed by atoms with Gasteiger partial charge in [-0.3, -0.25) is 14.3 Å². The Morgan fingerprint density at radius 3 is 2.68 bits per heavy atom. The number of carbonyl (C=O) groups is 2. The van der Waals surface area contributed by atoms with Crippen LogP contribution in [-0.4, -0.2) is 45.3 Å². The average molecular weight is 483 g/mol. The normalized spacial score (nSPS) is 15.9. The van der Waals surface area contributed by atoms with E-state index in [0.717, 1.165) is 11.3 Å². The summed E-state index contributed by atoms with van der Waals surface area (Å²) in [6, 6.07) is 12.9. The van der Waals surface area contributed by atoms with Crippen LogP contribution in [0.3, 0.4) is 0 Å². The maximum absolute atomic E-state index is 13.4. The molecule has 34 heavy (non-hydrogen) atoms. The van der Waals surface area contributed by atoms with Gasteiger partial charge in [0.25, 0.3) is 5.91 Å². The number of aryl methyl sites for hydroxylation is 1. The Morgan fingerprint density at radius 1 is 1.24 bits per heavy atom. The van der Waals surface area contributed by atoms with Crippen molar-refractivity contribution >= 4 is 29.1 Å². The number of aliphatic hydroxyl groups excluding tert-OH is 1. The predicted octanol–water partition coefficient (Wildman–Crippen LogP) is 4.11. The van der Waals surface area contributed by atoms with Crippen LogP contribution in [0, 0.1) is 12.7 Å². The highest BCUT2D eigenvalue weighted by Crippen LogP contribution is 2.35. The van der Waals surface area contributed by atoms with Crippen LogP contribution in [0.2, 0.25) is 5.02 Å². The monoisotopic (exact) mass is 482 g/mol. The first-order chi connectivity index (χ1) is 16.3. The molecule has 3 aromatic rings. The number of aliphatic hydroxyl groups is 1. The van der Waals surface area contributed by atoms with Crippen molar-refractivity contribution in [3.63, 3.8) is 0 Å². The second-order valence-corrected chi connectivity index (χ2v) is 8.57. The number of aromatic nitrogens is 2. The molecule has 4 rings (SSSR count). The standard InChI is InChI=1S/C25H24ClFN4O3/c1-15-11-22(29-31(15)9-10-32)17-5-8-21(26)23(12-17)28-25(34)20-14-30(2)24(33)13-19(20)16-3-6-18(27)7-4-16/h3-8,11-12,14,19,32H,9-10,13H2,1-2H3,(H,28,34)/t19-/m0/s1. The molecule has 2 heterocycles. The van der Waals surface area contributed by atoms with Gasteiger partial charge in [0, 0.05) is 42.4 Å². The highest BCUT2D eigenvalue weighted by molar-refractivity contribution is 6.34. The number of amides is 2. The van der Waals surface area contributed by atoms with Crippen molar-refractivity contribution in [2.24, 2.45) is 0 Å². The van der Waals surface area contributed by atoms with Gasteiger partial charge in [-0.05, 0) is 42.8 Å². The summed E-state index contributed by atoms with van der Waals surface area (Å²) < 4.78 is 15.1. The van der Waals surface area contributed by atoms with Gasteiger partial charge in [0.1, 0.15) is 5.82 Å². The van der Waals surface area contributed by atoms with Crippen LogP contribution in [0.4, 0.5) is 10.1 Å². The van der Waals surface area contributed by atoms with Gasteiger partial charge in [-0.15, -0.1) is 0 Å². The minimum atomic E-state index is -0.511. The van der Waals surface area contributed by atoms with Crippen molar-refractivity contribution in [2.75, 3.05) is 19.0 Å². The molecule has 1 atom stereocenters. The van der Waals surface area contributed by atoms with Crippen molar-refractivity contribution in [1.82, 2.24) is 14.7 Å².